The normalized spacial score (nSPS) is 10.8. The SMILES string of the molecule is CCc1nnc(COc2cnc3ccccc3c2)o1. The number of hydrogen-bond donors (Lipinski definition) is 0. The summed E-state index contributed by atoms with van der Waals surface area (Å²) in [5.41, 5.74) is 0.945. The van der Waals surface area contributed by atoms with Gasteiger partial charge in [-0.1, -0.05) is 25.1 Å². The maximum absolute atomic E-state index is 5.60. The third-order valence-corrected chi connectivity index (χ3v) is 2.74. The highest BCUT2D eigenvalue weighted by Gasteiger charge is 2.05. The van der Waals surface area contributed by atoms with Crippen LogP contribution in [0.25, 0.3) is 10.9 Å². The number of aromatic nitrogens is 3. The van der Waals surface area contributed by atoms with Gasteiger partial charge in [-0.05, 0) is 12.1 Å². The second kappa shape index (κ2) is 5.06. The van der Waals surface area contributed by atoms with E-state index in [-0.39, 0.29) is 6.61 Å². The number of hydrogen-bond acceptors (Lipinski definition) is 5. The highest BCUT2D eigenvalue weighted by Crippen LogP contribution is 2.18. The van der Waals surface area contributed by atoms with Crippen LogP contribution in [-0.4, -0.2) is 15.2 Å². The Labute approximate surface area is 110 Å². The van der Waals surface area contributed by atoms with Crippen LogP contribution in [0.15, 0.2) is 40.9 Å². The first kappa shape index (κ1) is 11.6. The van der Waals surface area contributed by atoms with Crippen molar-refractivity contribution in [3.8, 4) is 5.75 Å². The Morgan fingerprint density at radius 3 is 2.84 bits per heavy atom. The molecule has 0 N–H and O–H groups in total. The van der Waals surface area contributed by atoms with E-state index in [1.165, 1.54) is 0 Å². The van der Waals surface area contributed by atoms with Gasteiger partial charge < -0.3 is 9.15 Å². The van der Waals surface area contributed by atoms with E-state index in [0.717, 1.165) is 17.3 Å². The molecule has 0 aliphatic carbocycles. The lowest BCUT2D eigenvalue weighted by atomic mass is 10.2. The molecule has 1 aromatic carbocycles. The molecule has 3 aromatic rings. The van der Waals surface area contributed by atoms with E-state index in [9.17, 15) is 0 Å². The summed E-state index contributed by atoms with van der Waals surface area (Å²) in [4.78, 5) is 4.32. The van der Waals surface area contributed by atoms with Crippen molar-refractivity contribution in [1.82, 2.24) is 15.2 Å². The minimum Gasteiger partial charge on any atom is -0.482 e. The zero-order chi connectivity index (χ0) is 13.1. The second-order valence-corrected chi connectivity index (χ2v) is 4.10. The third-order valence-electron chi connectivity index (χ3n) is 2.74. The number of aryl methyl sites for hydroxylation is 1. The van der Waals surface area contributed by atoms with Crippen LogP contribution < -0.4 is 4.74 Å². The number of pyridine rings is 1. The Kier molecular flexibility index (Phi) is 3.10. The van der Waals surface area contributed by atoms with E-state index in [4.69, 9.17) is 9.15 Å². The van der Waals surface area contributed by atoms with Crippen molar-refractivity contribution in [2.75, 3.05) is 0 Å². The minimum absolute atomic E-state index is 0.257. The standard InChI is InChI=1S/C14H13N3O2/c1-2-13-16-17-14(19-13)9-18-11-7-10-5-3-4-6-12(10)15-8-11/h3-8H,2,9H2,1H3. The second-order valence-electron chi connectivity index (χ2n) is 4.10. The number of para-hydroxylation sites is 1. The summed E-state index contributed by atoms with van der Waals surface area (Å²) in [6.07, 6.45) is 2.42. The molecule has 96 valence electrons. The molecule has 0 unspecified atom stereocenters. The smallest absolute Gasteiger partial charge is 0.253 e. The van der Waals surface area contributed by atoms with Gasteiger partial charge in [0, 0.05) is 11.8 Å². The lowest BCUT2D eigenvalue weighted by molar-refractivity contribution is 0.259. The molecule has 19 heavy (non-hydrogen) atoms. The first-order chi connectivity index (χ1) is 9.35. The Morgan fingerprint density at radius 1 is 1.16 bits per heavy atom. The van der Waals surface area contributed by atoms with Crippen LogP contribution in [0.4, 0.5) is 0 Å². The number of benzene rings is 1. The highest BCUT2D eigenvalue weighted by atomic mass is 16.5. The van der Waals surface area contributed by atoms with Crippen molar-refractivity contribution in [1.29, 1.82) is 0 Å². The lowest BCUT2D eigenvalue weighted by Crippen LogP contribution is -1.96. The fourth-order valence-electron chi connectivity index (χ4n) is 1.76. The van der Waals surface area contributed by atoms with Gasteiger partial charge in [-0.3, -0.25) is 4.98 Å². The van der Waals surface area contributed by atoms with E-state index < -0.39 is 0 Å². The molecule has 0 aliphatic rings. The van der Waals surface area contributed by atoms with Crippen LogP contribution in [0.2, 0.25) is 0 Å². The van der Waals surface area contributed by atoms with Crippen LogP contribution in [0.1, 0.15) is 18.7 Å². The van der Waals surface area contributed by atoms with Crippen molar-refractivity contribution in [3.63, 3.8) is 0 Å². The summed E-state index contributed by atoms with van der Waals surface area (Å²) in [5, 5.41) is 8.83. The summed E-state index contributed by atoms with van der Waals surface area (Å²) in [6, 6.07) is 9.83. The summed E-state index contributed by atoms with van der Waals surface area (Å²) in [6.45, 7) is 2.22. The van der Waals surface area contributed by atoms with Crippen LogP contribution in [-0.2, 0) is 13.0 Å². The molecule has 0 amide bonds. The van der Waals surface area contributed by atoms with Gasteiger partial charge in [0.05, 0.1) is 11.7 Å². The predicted octanol–water partition coefficient (Wildman–Crippen LogP) is 2.76. The molecule has 0 atom stereocenters. The molecule has 3 rings (SSSR count). The lowest BCUT2D eigenvalue weighted by Gasteiger charge is -2.04. The number of fused-ring (bicyclic) bond motifs is 1. The van der Waals surface area contributed by atoms with E-state index in [0.29, 0.717) is 17.5 Å². The van der Waals surface area contributed by atoms with Gasteiger partial charge >= 0.3 is 0 Å². The van der Waals surface area contributed by atoms with Gasteiger partial charge in [-0.2, -0.15) is 0 Å². The van der Waals surface area contributed by atoms with E-state index in [1.807, 2.05) is 37.3 Å². The van der Waals surface area contributed by atoms with Crippen LogP contribution >= 0.6 is 0 Å². The molecule has 0 radical (unpaired) electrons. The van der Waals surface area contributed by atoms with Crippen molar-refractivity contribution >= 4 is 10.9 Å². The van der Waals surface area contributed by atoms with E-state index in [2.05, 4.69) is 15.2 Å². The fraction of sp³-hybridized carbons (Fsp3) is 0.214. The highest BCUT2D eigenvalue weighted by molar-refractivity contribution is 5.79. The summed E-state index contributed by atoms with van der Waals surface area (Å²) in [5.74, 6) is 1.79. The van der Waals surface area contributed by atoms with E-state index in [1.54, 1.807) is 6.20 Å². The average Bonchev–Trinajstić information content (AvgIpc) is 2.93. The largest absolute Gasteiger partial charge is 0.482 e. The summed E-state index contributed by atoms with van der Waals surface area (Å²) < 4.78 is 11.0. The molecule has 2 aromatic heterocycles. The van der Waals surface area contributed by atoms with Gasteiger partial charge in [0.1, 0.15) is 5.75 Å². The minimum atomic E-state index is 0.257. The topological polar surface area (TPSA) is 61.0 Å². The molecule has 0 saturated carbocycles. The Morgan fingerprint density at radius 2 is 2.00 bits per heavy atom. The molecule has 0 aliphatic heterocycles. The zero-order valence-electron chi connectivity index (χ0n) is 10.5. The molecular weight excluding hydrogens is 242 g/mol. The number of nitrogens with zero attached hydrogens (tertiary/aromatic N) is 3. The van der Waals surface area contributed by atoms with Gasteiger partial charge in [0.25, 0.3) is 5.89 Å². The molecule has 2 heterocycles. The van der Waals surface area contributed by atoms with Crippen molar-refractivity contribution in [2.45, 2.75) is 20.0 Å². The molecule has 0 spiro atoms. The van der Waals surface area contributed by atoms with Gasteiger partial charge in [0.15, 0.2) is 6.61 Å². The summed E-state index contributed by atoms with van der Waals surface area (Å²) >= 11 is 0. The summed E-state index contributed by atoms with van der Waals surface area (Å²) in [7, 11) is 0. The molecule has 5 nitrogen and oxygen atoms in total. The van der Waals surface area contributed by atoms with Crippen molar-refractivity contribution in [3.05, 3.63) is 48.3 Å². The average molecular weight is 255 g/mol. The van der Waals surface area contributed by atoms with Gasteiger partial charge in [0.2, 0.25) is 5.89 Å². The molecule has 0 bridgehead atoms. The monoisotopic (exact) mass is 255 g/mol. The number of rotatable bonds is 4. The van der Waals surface area contributed by atoms with Crippen LogP contribution in [0.5, 0.6) is 5.75 Å². The first-order valence-electron chi connectivity index (χ1n) is 6.14. The zero-order valence-corrected chi connectivity index (χ0v) is 10.5. The molecule has 0 fully saturated rings. The van der Waals surface area contributed by atoms with Crippen LogP contribution in [0, 0.1) is 0 Å². The Hall–Kier alpha value is -2.43. The molecular formula is C14H13N3O2. The van der Waals surface area contributed by atoms with E-state index >= 15 is 0 Å². The maximum atomic E-state index is 5.60. The first-order valence-corrected chi connectivity index (χ1v) is 6.14. The fourth-order valence-corrected chi connectivity index (χ4v) is 1.76. The number of ether oxygens (including phenoxy) is 1. The third kappa shape index (κ3) is 2.54. The Bertz CT molecular complexity index is 694. The van der Waals surface area contributed by atoms with Crippen molar-refractivity contribution < 1.29 is 9.15 Å². The predicted molar refractivity (Wildman–Crippen MR) is 69.8 cm³/mol. The quantitative estimate of drug-likeness (QED) is 0.717. The molecule has 5 heteroatoms. The van der Waals surface area contributed by atoms with Crippen LogP contribution in [0.3, 0.4) is 0 Å². The van der Waals surface area contributed by atoms with Gasteiger partial charge in [-0.15, -0.1) is 10.2 Å². The van der Waals surface area contributed by atoms with Crippen molar-refractivity contribution in [2.24, 2.45) is 0 Å². The molecule has 0 saturated heterocycles. The van der Waals surface area contributed by atoms with Gasteiger partial charge in [-0.25, -0.2) is 0 Å². The maximum Gasteiger partial charge on any atom is 0.253 e. The Balaban J connectivity index is 1.74.